The maximum Gasteiger partial charge on any atom is 0.290 e. The predicted molar refractivity (Wildman–Crippen MR) is 70.5 cm³/mol. The molecule has 2 aromatic rings. The minimum atomic E-state index is -4.27. The lowest BCUT2D eigenvalue weighted by atomic mass is 10.3. The zero-order chi connectivity index (χ0) is 15.6. The summed E-state index contributed by atoms with van der Waals surface area (Å²) in [7, 11) is -2.84. The normalized spacial score (nSPS) is 11.1. The number of nitrogens with two attached hydrogens (primary N) is 1. The molecule has 12 nitrogen and oxygen atoms in total. The highest BCUT2D eigenvalue weighted by Crippen LogP contribution is 2.27. The van der Waals surface area contributed by atoms with Crippen LogP contribution in [0.15, 0.2) is 23.1 Å². The Morgan fingerprint density at radius 1 is 1.43 bits per heavy atom. The Morgan fingerprint density at radius 3 is 2.67 bits per heavy atom. The van der Waals surface area contributed by atoms with Gasteiger partial charge in [-0.2, -0.15) is 4.80 Å². The highest BCUT2D eigenvalue weighted by atomic mass is 32.2. The average Bonchev–Trinajstić information content (AvgIpc) is 2.82. The molecule has 13 heteroatoms. The van der Waals surface area contributed by atoms with Gasteiger partial charge in [-0.15, -0.1) is 5.10 Å². The summed E-state index contributed by atoms with van der Waals surface area (Å²) in [5.41, 5.74) is 1.79. The van der Waals surface area contributed by atoms with Crippen LogP contribution in [0.1, 0.15) is 0 Å². The van der Waals surface area contributed by atoms with Gasteiger partial charge in [-0.05, 0) is 17.3 Å². The van der Waals surface area contributed by atoms with Crippen LogP contribution < -0.4 is 16.0 Å². The Hall–Kier alpha value is -2.80. The molecule has 0 aliphatic rings. The van der Waals surface area contributed by atoms with Crippen LogP contribution in [-0.4, -0.2) is 33.5 Å². The second-order valence-corrected chi connectivity index (χ2v) is 5.44. The summed E-state index contributed by atoms with van der Waals surface area (Å²) in [6, 6.07) is 3.32. The lowest BCUT2D eigenvalue weighted by molar-refractivity contribution is -0.387. The molecule has 0 bridgehead atoms. The van der Waals surface area contributed by atoms with Crippen molar-refractivity contribution >= 4 is 27.3 Å². The number of hydrogen-bond donors (Lipinski definition) is 3. The van der Waals surface area contributed by atoms with E-state index >= 15 is 0 Å². The molecule has 4 N–H and O–H groups in total. The van der Waals surface area contributed by atoms with E-state index in [-0.39, 0.29) is 11.6 Å². The molecule has 0 fully saturated rings. The molecular formula is C8H10N8O4S. The lowest BCUT2D eigenvalue weighted by Gasteiger charge is -2.07. The molecule has 0 radical (unpaired) electrons. The van der Waals surface area contributed by atoms with Crippen molar-refractivity contribution in [1.82, 2.24) is 20.2 Å². The second kappa shape index (κ2) is 5.29. The molecule has 0 aliphatic carbocycles. The van der Waals surface area contributed by atoms with Crippen molar-refractivity contribution in [3.8, 4) is 0 Å². The first kappa shape index (κ1) is 14.6. The number of tetrazole rings is 1. The van der Waals surface area contributed by atoms with Gasteiger partial charge in [-0.3, -0.25) is 16.0 Å². The van der Waals surface area contributed by atoms with Crippen LogP contribution in [0, 0.1) is 10.1 Å². The first-order valence-electron chi connectivity index (χ1n) is 5.35. The number of anilines is 2. The number of hydrazine groups is 1. The van der Waals surface area contributed by atoms with Gasteiger partial charge in [0.25, 0.3) is 21.7 Å². The van der Waals surface area contributed by atoms with Gasteiger partial charge in [0.05, 0.1) is 17.7 Å². The van der Waals surface area contributed by atoms with E-state index in [1.54, 1.807) is 0 Å². The number of nitro benzene ring substituents is 1. The molecule has 0 saturated heterocycles. The molecule has 21 heavy (non-hydrogen) atoms. The Balaban J connectivity index is 2.49. The molecule has 112 valence electrons. The maximum absolute atomic E-state index is 12.2. The van der Waals surface area contributed by atoms with Crippen molar-refractivity contribution in [1.29, 1.82) is 0 Å². The SMILES string of the molecule is Cn1nnc(NS(=O)(=O)c2cc(NN)ccc2[N+](=O)[O-])n1. The number of aromatic nitrogens is 4. The van der Waals surface area contributed by atoms with Crippen LogP contribution in [0.3, 0.4) is 0 Å². The Labute approximate surface area is 118 Å². The van der Waals surface area contributed by atoms with Crippen molar-refractivity contribution < 1.29 is 13.3 Å². The fraction of sp³-hybridized carbons (Fsp3) is 0.125. The Kier molecular flexibility index (Phi) is 3.68. The fourth-order valence-electron chi connectivity index (χ4n) is 1.47. The van der Waals surface area contributed by atoms with E-state index in [2.05, 4.69) is 20.8 Å². The van der Waals surface area contributed by atoms with Gasteiger partial charge in [0.1, 0.15) is 0 Å². The number of nitrogen functional groups attached to an aromatic ring is 1. The molecule has 0 unspecified atom stereocenters. The number of nitrogens with one attached hydrogen (secondary N) is 2. The van der Waals surface area contributed by atoms with Gasteiger partial charge in [0.2, 0.25) is 0 Å². The van der Waals surface area contributed by atoms with Crippen molar-refractivity contribution in [2.24, 2.45) is 12.9 Å². The number of nitrogens with zero attached hydrogens (tertiary/aromatic N) is 5. The Bertz CT molecular complexity index is 785. The van der Waals surface area contributed by atoms with Crippen LogP contribution in [0.25, 0.3) is 0 Å². The zero-order valence-corrected chi connectivity index (χ0v) is 11.4. The molecule has 1 heterocycles. The van der Waals surface area contributed by atoms with Crippen LogP contribution in [0.2, 0.25) is 0 Å². The van der Waals surface area contributed by atoms with Gasteiger partial charge < -0.3 is 5.43 Å². The predicted octanol–water partition coefficient (Wildman–Crippen LogP) is -0.795. The van der Waals surface area contributed by atoms with E-state index < -0.39 is 25.5 Å². The van der Waals surface area contributed by atoms with Crippen molar-refractivity contribution in [2.75, 3.05) is 10.1 Å². The summed E-state index contributed by atoms with van der Waals surface area (Å²) in [6.45, 7) is 0. The standard InChI is InChI=1S/C8H10N8O4S/c1-15-12-8(11-14-15)13-21(19,20)7-4-5(10-9)2-3-6(7)16(17)18/h2-4,10H,9H2,1H3,(H,12,13). The fourth-order valence-corrected chi connectivity index (χ4v) is 2.60. The maximum atomic E-state index is 12.2. The second-order valence-electron chi connectivity index (χ2n) is 3.79. The number of benzene rings is 1. The van der Waals surface area contributed by atoms with E-state index in [4.69, 9.17) is 5.84 Å². The monoisotopic (exact) mass is 314 g/mol. The average molecular weight is 314 g/mol. The van der Waals surface area contributed by atoms with Crippen LogP contribution in [0.5, 0.6) is 0 Å². The van der Waals surface area contributed by atoms with E-state index in [1.807, 2.05) is 4.72 Å². The largest absolute Gasteiger partial charge is 0.324 e. The number of hydrogen-bond acceptors (Lipinski definition) is 9. The molecule has 0 aliphatic heterocycles. The van der Waals surface area contributed by atoms with Crippen molar-refractivity contribution in [2.45, 2.75) is 4.90 Å². The van der Waals surface area contributed by atoms with Crippen molar-refractivity contribution in [3.63, 3.8) is 0 Å². The van der Waals surface area contributed by atoms with Crippen LogP contribution in [-0.2, 0) is 17.1 Å². The van der Waals surface area contributed by atoms with Crippen LogP contribution in [0.4, 0.5) is 17.3 Å². The Morgan fingerprint density at radius 2 is 2.14 bits per heavy atom. The first-order chi connectivity index (χ1) is 9.83. The number of aryl methyl sites for hydroxylation is 1. The van der Waals surface area contributed by atoms with E-state index in [1.165, 1.54) is 13.1 Å². The molecule has 0 saturated carbocycles. The van der Waals surface area contributed by atoms with Gasteiger partial charge in [-0.25, -0.2) is 13.1 Å². The number of rotatable bonds is 5. The topological polar surface area (TPSA) is 171 Å². The molecule has 2 rings (SSSR count). The molecular weight excluding hydrogens is 304 g/mol. The summed E-state index contributed by atoms with van der Waals surface area (Å²) in [4.78, 5) is 10.6. The summed E-state index contributed by atoms with van der Waals surface area (Å²) in [5, 5.41) is 21.5. The minimum Gasteiger partial charge on any atom is -0.324 e. The molecule has 0 spiro atoms. The number of nitro groups is 1. The van der Waals surface area contributed by atoms with Gasteiger partial charge in [0.15, 0.2) is 4.90 Å². The smallest absolute Gasteiger partial charge is 0.290 e. The minimum absolute atomic E-state index is 0.188. The van der Waals surface area contributed by atoms with E-state index in [0.717, 1.165) is 16.9 Å². The first-order valence-corrected chi connectivity index (χ1v) is 6.83. The van der Waals surface area contributed by atoms with Crippen LogP contribution >= 0.6 is 0 Å². The quantitative estimate of drug-likeness (QED) is 0.363. The summed E-state index contributed by atoms with van der Waals surface area (Å²) >= 11 is 0. The van der Waals surface area contributed by atoms with Gasteiger partial charge in [0, 0.05) is 6.07 Å². The molecule has 1 aromatic heterocycles. The molecule has 1 aromatic carbocycles. The molecule has 0 atom stereocenters. The van der Waals surface area contributed by atoms with Gasteiger partial charge in [-0.1, -0.05) is 5.10 Å². The highest BCUT2D eigenvalue weighted by molar-refractivity contribution is 7.92. The third-order valence-electron chi connectivity index (χ3n) is 2.35. The van der Waals surface area contributed by atoms with Crippen molar-refractivity contribution in [3.05, 3.63) is 28.3 Å². The van der Waals surface area contributed by atoms with Gasteiger partial charge >= 0.3 is 0 Å². The molecule has 0 amide bonds. The summed E-state index contributed by atoms with van der Waals surface area (Å²) in [6.07, 6.45) is 0. The highest BCUT2D eigenvalue weighted by Gasteiger charge is 2.27. The third-order valence-corrected chi connectivity index (χ3v) is 3.70. The third kappa shape index (κ3) is 3.03. The van der Waals surface area contributed by atoms with E-state index in [0.29, 0.717) is 0 Å². The van der Waals surface area contributed by atoms with E-state index in [9.17, 15) is 18.5 Å². The number of sulfonamides is 1. The summed E-state index contributed by atoms with van der Waals surface area (Å²) in [5.74, 6) is 4.86. The summed E-state index contributed by atoms with van der Waals surface area (Å²) < 4.78 is 26.4. The lowest BCUT2D eigenvalue weighted by Crippen LogP contribution is -2.17. The zero-order valence-electron chi connectivity index (χ0n) is 10.6.